The minimum absolute atomic E-state index is 0.0987. The highest BCUT2D eigenvalue weighted by molar-refractivity contribution is 5.93. The molecule has 0 atom stereocenters. The predicted octanol–water partition coefficient (Wildman–Crippen LogP) is 3.66. The standard InChI is InChI=1S/C18H29N3O3/c1-3-4-6-11-18(23)21(15-9-7-5-8-10-15)13-17(22)19-16-12-14(2)24-20-16/h12,15H,3-11,13H2,1-2H3,(H,19,20,22). The van der Waals surface area contributed by atoms with E-state index in [4.69, 9.17) is 4.52 Å². The van der Waals surface area contributed by atoms with E-state index in [2.05, 4.69) is 17.4 Å². The molecule has 6 heteroatoms. The lowest BCUT2D eigenvalue weighted by molar-refractivity contribution is -0.137. The number of carbonyl (C=O) groups excluding carboxylic acids is 2. The molecule has 2 rings (SSSR count). The van der Waals surface area contributed by atoms with Crippen LogP contribution in [0.3, 0.4) is 0 Å². The Morgan fingerprint density at radius 1 is 1.29 bits per heavy atom. The number of hydrogen-bond acceptors (Lipinski definition) is 4. The van der Waals surface area contributed by atoms with Crippen LogP contribution < -0.4 is 5.32 Å². The van der Waals surface area contributed by atoms with Crippen molar-refractivity contribution in [1.82, 2.24) is 10.1 Å². The topological polar surface area (TPSA) is 75.4 Å². The van der Waals surface area contributed by atoms with Gasteiger partial charge in [0.2, 0.25) is 11.8 Å². The number of amides is 2. The second-order valence-electron chi connectivity index (χ2n) is 6.64. The molecular weight excluding hydrogens is 306 g/mol. The van der Waals surface area contributed by atoms with Crippen LogP contribution in [0.25, 0.3) is 0 Å². The van der Waals surface area contributed by atoms with Crippen molar-refractivity contribution < 1.29 is 14.1 Å². The van der Waals surface area contributed by atoms with Crippen molar-refractivity contribution >= 4 is 17.6 Å². The van der Waals surface area contributed by atoms with Gasteiger partial charge in [-0.3, -0.25) is 9.59 Å². The summed E-state index contributed by atoms with van der Waals surface area (Å²) in [6, 6.07) is 1.86. The zero-order chi connectivity index (χ0) is 17.4. The van der Waals surface area contributed by atoms with Gasteiger partial charge in [0.1, 0.15) is 12.3 Å². The van der Waals surface area contributed by atoms with E-state index < -0.39 is 0 Å². The maximum absolute atomic E-state index is 12.6. The third-order valence-electron chi connectivity index (χ3n) is 4.54. The van der Waals surface area contributed by atoms with E-state index in [0.717, 1.165) is 44.9 Å². The van der Waals surface area contributed by atoms with Gasteiger partial charge in [0.25, 0.3) is 0 Å². The number of anilines is 1. The highest BCUT2D eigenvalue weighted by Crippen LogP contribution is 2.23. The van der Waals surface area contributed by atoms with Gasteiger partial charge in [0.15, 0.2) is 5.82 Å². The van der Waals surface area contributed by atoms with Crippen LogP contribution in [0.2, 0.25) is 0 Å². The van der Waals surface area contributed by atoms with Gasteiger partial charge in [-0.25, -0.2) is 0 Å². The third kappa shape index (κ3) is 5.65. The van der Waals surface area contributed by atoms with Gasteiger partial charge < -0.3 is 14.7 Å². The van der Waals surface area contributed by atoms with Crippen molar-refractivity contribution in [2.75, 3.05) is 11.9 Å². The van der Waals surface area contributed by atoms with Crippen LogP contribution in [0, 0.1) is 6.92 Å². The van der Waals surface area contributed by atoms with E-state index in [1.54, 1.807) is 17.9 Å². The molecule has 1 aromatic heterocycles. The van der Waals surface area contributed by atoms with E-state index in [9.17, 15) is 9.59 Å². The Hall–Kier alpha value is -1.85. The number of carbonyl (C=O) groups is 2. The molecule has 1 N–H and O–H groups in total. The van der Waals surface area contributed by atoms with E-state index in [1.807, 2.05) is 0 Å². The molecule has 1 fully saturated rings. The summed E-state index contributed by atoms with van der Waals surface area (Å²) in [7, 11) is 0. The van der Waals surface area contributed by atoms with Crippen LogP contribution in [0.1, 0.15) is 70.5 Å². The fourth-order valence-corrected chi connectivity index (χ4v) is 3.25. The first-order chi connectivity index (χ1) is 11.6. The molecule has 134 valence electrons. The largest absolute Gasteiger partial charge is 0.360 e. The Morgan fingerprint density at radius 3 is 2.67 bits per heavy atom. The van der Waals surface area contributed by atoms with Crippen LogP contribution in [-0.2, 0) is 9.59 Å². The summed E-state index contributed by atoms with van der Waals surface area (Å²) < 4.78 is 4.95. The van der Waals surface area contributed by atoms with Gasteiger partial charge in [-0.1, -0.05) is 44.2 Å². The van der Waals surface area contributed by atoms with Crippen LogP contribution in [0.15, 0.2) is 10.6 Å². The highest BCUT2D eigenvalue weighted by atomic mass is 16.5. The molecule has 0 radical (unpaired) electrons. The second kappa shape index (κ2) is 9.45. The van der Waals surface area contributed by atoms with Gasteiger partial charge in [-0.05, 0) is 26.2 Å². The first-order valence-corrected chi connectivity index (χ1v) is 9.12. The molecular formula is C18H29N3O3. The zero-order valence-electron chi connectivity index (χ0n) is 14.8. The SMILES string of the molecule is CCCCCC(=O)N(CC(=O)Nc1cc(C)on1)C1CCCCC1. The summed E-state index contributed by atoms with van der Waals surface area (Å²) in [5.74, 6) is 0.934. The average molecular weight is 335 g/mol. The second-order valence-corrected chi connectivity index (χ2v) is 6.64. The number of hydrogen-bond donors (Lipinski definition) is 1. The zero-order valence-corrected chi connectivity index (χ0v) is 14.8. The molecule has 0 aliphatic heterocycles. The minimum Gasteiger partial charge on any atom is -0.360 e. The molecule has 1 aliphatic rings. The maximum Gasteiger partial charge on any atom is 0.245 e. The molecule has 1 aliphatic carbocycles. The average Bonchev–Trinajstić information content (AvgIpc) is 2.98. The smallest absolute Gasteiger partial charge is 0.245 e. The summed E-state index contributed by atoms with van der Waals surface area (Å²) >= 11 is 0. The summed E-state index contributed by atoms with van der Waals surface area (Å²) in [6.07, 6.45) is 9.03. The van der Waals surface area contributed by atoms with E-state index in [1.165, 1.54) is 6.42 Å². The third-order valence-corrected chi connectivity index (χ3v) is 4.54. The summed E-state index contributed by atoms with van der Waals surface area (Å²) in [5.41, 5.74) is 0. The van der Waals surface area contributed by atoms with Gasteiger partial charge in [-0.2, -0.15) is 0 Å². The lowest BCUT2D eigenvalue weighted by Crippen LogP contribution is -2.45. The van der Waals surface area contributed by atoms with Gasteiger partial charge >= 0.3 is 0 Å². The first kappa shape index (κ1) is 18.5. The first-order valence-electron chi connectivity index (χ1n) is 9.12. The highest BCUT2D eigenvalue weighted by Gasteiger charge is 2.27. The summed E-state index contributed by atoms with van der Waals surface area (Å²) in [5, 5.41) is 6.49. The van der Waals surface area contributed by atoms with Crippen LogP contribution in [0.4, 0.5) is 5.82 Å². The fourth-order valence-electron chi connectivity index (χ4n) is 3.25. The maximum atomic E-state index is 12.6. The Labute approximate surface area is 143 Å². The molecule has 0 unspecified atom stereocenters. The molecule has 6 nitrogen and oxygen atoms in total. The molecule has 0 spiro atoms. The number of unbranched alkanes of at least 4 members (excludes halogenated alkanes) is 2. The Bertz CT molecular complexity index is 535. The molecule has 1 aromatic rings. The molecule has 0 aromatic carbocycles. The van der Waals surface area contributed by atoms with E-state index in [-0.39, 0.29) is 24.4 Å². The summed E-state index contributed by atoms with van der Waals surface area (Å²) in [4.78, 5) is 26.7. The fraction of sp³-hybridized carbons (Fsp3) is 0.722. The molecule has 1 saturated carbocycles. The van der Waals surface area contributed by atoms with Crippen molar-refractivity contribution in [3.8, 4) is 0 Å². The van der Waals surface area contributed by atoms with Gasteiger partial charge in [-0.15, -0.1) is 0 Å². The number of aromatic nitrogens is 1. The summed E-state index contributed by atoms with van der Waals surface area (Å²) in [6.45, 7) is 3.99. The monoisotopic (exact) mass is 335 g/mol. The predicted molar refractivity (Wildman–Crippen MR) is 92.6 cm³/mol. The number of aryl methyl sites for hydroxylation is 1. The van der Waals surface area contributed by atoms with Gasteiger partial charge in [0.05, 0.1) is 0 Å². The molecule has 1 heterocycles. The lowest BCUT2D eigenvalue weighted by Gasteiger charge is -2.34. The van der Waals surface area contributed by atoms with Crippen LogP contribution in [-0.4, -0.2) is 34.5 Å². The van der Waals surface area contributed by atoms with Crippen molar-refractivity contribution in [1.29, 1.82) is 0 Å². The molecule has 0 bridgehead atoms. The molecule has 0 saturated heterocycles. The van der Waals surface area contributed by atoms with Crippen molar-refractivity contribution in [3.63, 3.8) is 0 Å². The quantitative estimate of drug-likeness (QED) is 0.736. The van der Waals surface area contributed by atoms with Crippen molar-refractivity contribution in [3.05, 3.63) is 11.8 Å². The normalized spacial score (nSPS) is 15.2. The molecule has 2 amide bonds. The van der Waals surface area contributed by atoms with Crippen molar-refractivity contribution in [2.45, 2.75) is 77.7 Å². The number of nitrogens with zero attached hydrogens (tertiary/aromatic N) is 2. The Balaban J connectivity index is 1.95. The van der Waals surface area contributed by atoms with E-state index >= 15 is 0 Å². The van der Waals surface area contributed by atoms with Crippen molar-refractivity contribution in [2.24, 2.45) is 0 Å². The van der Waals surface area contributed by atoms with Crippen LogP contribution in [0.5, 0.6) is 0 Å². The van der Waals surface area contributed by atoms with Crippen LogP contribution >= 0.6 is 0 Å². The number of nitrogens with one attached hydrogen (secondary N) is 1. The number of rotatable bonds is 8. The lowest BCUT2D eigenvalue weighted by atomic mass is 9.93. The minimum atomic E-state index is -0.210. The van der Waals surface area contributed by atoms with E-state index in [0.29, 0.717) is 18.0 Å². The van der Waals surface area contributed by atoms with Gasteiger partial charge in [0, 0.05) is 18.5 Å². The Kier molecular flexibility index (Phi) is 7.28. The molecule has 24 heavy (non-hydrogen) atoms. The Morgan fingerprint density at radius 2 is 2.04 bits per heavy atom.